The van der Waals surface area contributed by atoms with E-state index in [-0.39, 0.29) is 16.8 Å². The molecular weight excluding hydrogens is 276 g/mol. The van der Waals surface area contributed by atoms with Gasteiger partial charge in [-0.1, -0.05) is 25.5 Å². The van der Waals surface area contributed by atoms with Gasteiger partial charge in [-0.2, -0.15) is 0 Å². The fraction of sp³-hybridized carbons (Fsp3) is 0.500. The first-order chi connectivity index (χ1) is 9.32. The fourth-order valence-electron chi connectivity index (χ4n) is 1.96. The van der Waals surface area contributed by atoms with Gasteiger partial charge in [-0.3, -0.25) is 4.79 Å². The maximum atomic E-state index is 11.7. The van der Waals surface area contributed by atoms with Gasteiger partial charge in [-0.05, 0) is 37.5 Å². The van der Waals surface area contributed by atoms with Gasteiger partial charge in [0.25, 0.3) is 0 Å². The minimum absolute atomic E-state index is 0.0153. The Balaban J connectivity index is 2.48. The van der Waals surface area contributed by atoms with Crippen LogP contribution < -0.4 is 10.5 Å². The number of aryl methyl sites for hydroxylation is 1. The Bertz CT molecular complexity index is 538. The summed E-state index contributed by atoms with van der Waals surface area (Å²) in [6.07, 6.45) is 2.98. The lowest BCUT2D eigenvalue weighted by Gasteiger charge is -2.12. The van der Waals surface area contributed by atoms with Gasteiger partial charge in [-0.15, -0.1) is 0 Å². The Morgan fingerprint density at radius 1 is 1.30 bits per heavy atom. The van der Waals surface area contributed by atoms with Crippen molar-refractivity contribution in [3.63, 3.8) is 0 Å². The standard InChI is InChI=1S/C14H22N2O3S/c1-3-4-11(2)16-14(17)10-7-12-5-8-13(9-6-12)20(15,18)19/h5-6,8-9,11H,3-4,7,10H2,1-2H3,(H,16,17)(H2,15,18,19). The molecule has 112 valence electrons. The molecule has 1 atom stereocenters. The molecule has 0 fully saturated rings. The van der Waals surface area contributed by atoms with E-state index < -0.39 is 10.0 Å². The summed E-state index contributed by atoms with van der Waals surface area (Å²) in [6.45, 7) is 4.07. The summed E-state index contributed by atoms with van der Waals surface area (Å²) in [5.41, 5.74) is 0.913. The predicted octanol–water partition coefficient (Wildman–Crippen LogP) is 1.57. The number of amides is 1. The summed E-state index contributed by atoms with van der Waals surface area (Å²) >= 11 is 0. The molecule has 0 bridgehead atoms. The molecule has 0 heterocycles. The van der Waals surface area contributed by atoms with Gasteiger partial charge in [-0.25, -0.2) is 13.6 Å². The minimum Gasteiger partial charge on any atom is -0.354 e. The van der Waals surface area contributed by atoms with Gasteiger partial charge >= 0.3 is 0 Å². The van der Waals surface area contributed by atoms with E-state index in [2.05, 4.69) is 12.2 Å². The maximum absolute atomic E-state index is 11.7. The second-order valence-electron chi connectivity index (χ2n) is 4.95. The zero-order valence-corrected chi connectivity index (χ0v) is 12.7. The zero-order chi connectivity index (χ0) is 15.2. The number of nitrogens with one attached hydrogen (secondary N) is 1. The molecule has 1 rings (SSSR count). The van der Waals surface area contributed by atoms with Crippen LogP contribution in [0, 0.1) is 0 Å². The van der Waals surface area contributed by atoms with Crippen molar-refractivity contribution in [3.05, 3.63) is 29.8 Å². The van der Waals surface area contributed by atoms with Crippen LogP contribution in [0.1, 0.15) is 38.7 Å². The van der Waals surface area contributed by atoms with Crippen molar-refractivity contribution in [3.8, 4) is 0 Å². The van der Waals surface area contributed by atoms with E-state index in [1.807, 2.05) is 6.92 Å². The van der Waals surface area contributed by atoms with Crippen molar-refractivity contribution in [1.82, 2.24) is 5.32 Å². The molecule has 0 aromatic heterocycles. The number of nitrogens with two attached hydrogens (primary N) is 1. The topological polar surface area (TPSA) is 89.3 Å². The number of rotatable bonds is 7. The predicted molar refractivity (Wildman–Crippen MR) is 78.6 cm³/mol. The summed E-state index contributed by atoms with van der Waals surface area (Å²) in [4.78, 5) is 11.8. The van der Waals surface area contributed by atoms with E-state index in [9.17, 15) is 13.2 Å². The van der Waals surface area contributed by atoms with Crippen molar-refractivity contribution in [2.24, 2.45) is 5.14 Å². The molecule has 0 spiro atoms. The van der Waals surface area contributed by atoms with Crippen LogP contribution in [0.2, 0.25) is 0 Å². The molecule has 0 aliphatic rings. The van der Waals surface area contributed by atoms with Crippen molar-refractivity contribution in [2.45, 2.75) is 50.5 Å². The Hall–Kier alpha value is -1.40. The van der Waals surface area contributed by atoms with Crippen LogP contribution in [-0.2, 0) is 21.2 Å². The Morgan fingerprint density at radius 3 is 2.40 bits per heavy atom. The number of hydrogen-bond acceptors (Lipinski definition) is 3. The third-order valence-corrected chi connectivity index (χ3v) is 3.95. The molecule has 1 unspecified atom stereocenters. The van der Waals surface area contributed by atoms with E-state index in [1.54, 1.807) is 12.1 Å². The molecule has 20 heavy (non-hydrogen) atoms. The smallest absolute Gasteiger partial charge is 0.238 e. The first-order valence-corrected chi connectivity index (χ1v) is 8.28. The first-order valence-electron chi connectivity index (χ1n) is 6.74. The molecule has 1 aromatic carbocycles. The molecule has 5 nitrogen and oxygen atoms in total. The third-order valence-electron chi connectivity index (χ3n) is 3.02. The Kier molecular flexibility index (Phi) is 6.16. The van der Waals surface area contributed by atoms with Gasteiger partial charge in [0.1, 0.15) is 0 Å². The van der Waals surface area contributed by atoms with Gasteiger partial charge in [0.15, 0.2) is 0 Å². The normalized spacial score (nSPS) is 12.9. The largest absolute Gasteiger partial charge is 0.354 e. The number of benzene rings is 1. The minimum atomic E-state index is -3.65. The average Bonchev–Trinajstić information content (AvgIpc) is 2.36. The van der Waals surface area contributed by atoms with E-state index in [0.29, 0.717) is 12.8 Å². The van der Waals surface area contributed by atoms with Crippen LogP contribution in [0.25, 0.3) is 0 Å². The Labute approximate surface area is 120 Å². The van der Waals surface area contributed by atoms with Gasteiger partial charge in [0.05, 0.1) is 4.90 Å². The summed E-state index contributed by atoms with van der Waals surface area (Å²) in [7, 11) is -3.65. The molecule has 6 heteroatoms. The molecule has 0 saturated carbocycles. The second-order valence-corrected chi connectivity index (χ2v) is 6.51. The highest BCUT2D eigenvalue weighted by atomic mass is 32.2. The van der Waals surface area contributed by atoms with Crippen LogP contribution in [0.4, 0.5) is 0 Å². The molecule has 0 saturated heterocycles. The lowest BCUT2D eigenvalue weighted by atomic mass is 10.1. The van der Waals surface area contributed by atoms with Gasteiger partial charge in [0, 0.05) is 12.5 Å². The third kappa shape index (κ3) is 5.71. The molecule has 1 aromatic rings. The Morgan fingerprint density at radius 2 is 1.90 bits per heavy atom. The highest BCUT2D eigenvalue weighted by Crippen LogP contribution is 2.10. The van der Waals surface area contributed by atoms with Crippen molar-refractivity contribution in [2.75, 3.05) is 0 Å². The van der Waals surface area contributed by atoms with Crippen molar-refractivity contribution in [1.29, 1.82) is 0 Å². The van der Waals surface area contributed by atoms with Crippen LogP contribution in [0.5, 0.6) is 0 Å². The van der Waals surface area contributed by atoms with E-state index >= 15 is 0 Å². The highest BCUT2D eigenvalue weighted by Gasteiger charge is 2.09. The van der Waals surface area contributed by atoms with Gasteiger partial charge < -0.3 is 5.32 Å². The van der Waals surface area contributed by atoms with E-state index in [4.69, 9.17) is 5.14 Å². The SMILES string of the molecule is CCCC(C)NC(=O)CCc1ccc(S(N)(=O)=O)cc1. The van der Waals surface area contributed by atoms with Gasteiger partial charge in [0.2, 0.25) is 15.9 Å². The van der Waals surface area contributed by atoms with Crippen LogP contribution in [-0.4, -0.2) is 20.4 Å². The van der Waals surface area contributed by atoms with Crippen molar-refractivity contribution < 1.29 is 13.2 Å². The summed E-state index contributed by atoms with van der Waals surface area (Å²) in [5, 5.41) is 7.95. The molecule has 0 aliphatic heterocycles. The summed E-state index contributed by atoms with van der Waals surface area (Å²) < 4.78 is 22.2. The number of carbonyl (C=O) groups excluding carboxylic acids is 1. The number of hydrogen-bond donors (Lipinski definition) is 2. The lowest BCUT2D eigenvalue weighted by molar-refractivity contribution is -0.121. The zero-order valence-electron chi connectivity index (χ0n) is 11.9. The molecule has 0 radical (unpaired) electrons. The van der Waals surface area contributed by atoms with E-state index in [0.717, 1.165) is 18.4 Å². The molecule has 3 N–H and O–H groups in total. The molecular formula is C14H22N2O3S. The van der Waals surface area contributed by atoms with Crippen LogP contribution >= 0.6 is 0 Å². The quantitative estimate of drug-likeness (QED) is 0.800. The highest BCUT2D eigenvalue weighted by molar-refractivity contribution is 7.89. The van der Waals surface area contributed by atoms with Crippen LogP contribution in [0.15, 0.2) is 29.2 Å². The summed E-state index contributed by atoms with van der Waals surface area (Å²) in [5.74, 6) is 0.0153. The fourth-order valence-corrected chi connectivity index (χ4v) is 2.47. The second kappa shape index (κ2) is 7.40. The van der Waals surface area contributed by atoms with Crippen molar-refractivity contribution >= 4 is 15.9 Å². The maximum Gasteiger partial charge on any atom is 0.238 e. The monoisotopic (exact) mass is 298 g/mol. The van der Waals surface area contributed by atoms with Crippen LogP contribution in [0.3, 0.4) is 0 Å². The lowest BCUT2D eigenvalue weighted by Crippen LogP contribution is -2.32. The molecule has 1 amide bonds. The number of primary sulfonamides is 1. The first kappa shape index (κ1) is 16.7. The molecule has 0 aliphatic carbocycles. The average molecular weight is 298 g/mol. The summed E-state index contributed by atoms with van der Waals surface area (Å²) in [6, 6.07) is 6.48. The number of sulfonamides is 1. The van der Waals surface area contributed by atoms with E-state index in [1.165, 1.54) is 12.1 Å². The number of carbonyl (C=O) groups is 1.